The summed E-state index contributed by atoms with van der Waals surface area (Å²) in [7, 11) is 0. The van der Waals surface area contributed by atoms with E-state index in [2.05, 4.69) is 4.98 Å². The van der Waals surface area contributed by atoms with Crippen molar-refractivity contribution in [2.45, 2.75) is 33.4 Å². The Labute approximate surface area is 106 Å². The van der Waals surface area contributed by atoms with Gasteiger partial charge in [0.2, 0.25) is 0 Å². The van der Waals surface area contributed by atoms with Crippen LogP contribution in [0, 0.1) is 19.7 Å². The average Bonchev–Trinajstić information content (AvgIpc) is 2.75. The van der Waals surface area contributed by atoms with Gasteiger partial charge in [-0.1, -0.05) is 6.07 Å². The second-order valence-corrected chi connectivity index (χ2v) is 4.48. The lowest BCUT2D eigenvalue weighted by molar-refractivity contribution is 0.204. The van der Waals surface area contributed by atoms with Crippen molar-refractivity contribution in [2.75, 3.05) is 0 Å². The quantitative estimate of drug-likeness (QED) is 0.907. The van der Waals surface area contributed by atoms with Gasteiger partial charge in [-0.15, -0.1) is 0 Å². The molecule has 0 spiro atoms. The molecule has 0 aliphatic carbocycles. The van der Waals surface area contributed by atoms with Crippen LogP contribution in [0.25, 0.3) is 0 Å². The summed E-state index contributed by atoms with van der Waals surface area (Å²) in [6, 6.07) is 3.31. The van der Waals surface area contributed by atoms with Crippen LogP contribution in [-0.4, -0.2) is 14.7 Å². The van der Waals surface area contributed by atoms with Gasteiger partial charge in [0.15, 0.2) is 0 Å². The van der Waals surface area contributed by atoms with Gasteiger partial charge in [-0.2, -0.15) is 0 Å². The van der Waals surface area contributed by atoms with E-state index < -0.39 is 6.10 Å². The van der Waals surface area contributed by atoms with Gasteiger partial charge < -0.3 is 9.67 Å². The van der Waals surface area contributed by atoms with E-state index in [9.17, 15) is 9.50 Å². The minimum absolute atomic E-state index is 0.329. The second-order valence-electron chi connectivity index (χ2n) is 4.48. The molecule has 1 atom stereocenters. The van der Waals surface area contributed by atoms with E-state index in [0.717, 1.165) is 11.1 Å². The molecule has 2 aromatic rings. The molecule has 1 aromatic carbocycles. The van der Waals surface area contributed by atoms with Crippen molar-refractivity contribution in [3.05, 3.63) is 52.9 Å². The number of nitrogens with zero attached hydrogens (tertiary/aromatic N) is 2. The molecule has 0 saturated heterocycles. The zero-order valence-corrected chi connectivity index (χ0v) is 10.8. The number of aromatic nitrogens is 2. The van der Waals surface area contributed by atoms with Crippen LogP contribution in [0.4, 0.5) is 4.39 Å². The van der Waals surface area contributed by atoms with E-state index in [-0.39, 0.29) is 5.82 Å². The Morgan fingerprint density at radius 2 is 2.11 bits per heavy atom. The van der Waals surface area contributed by atoms with Gasteiger partial charge in [-0.05, 0) is 38.0 Å². The van der Waals surface area contributed by atoms with Gasteiger partial charge in [0.25, 0.3) is 0 Å². The maximum absolute atomic E-state index is 14.0. The predicted octanol–water partition coefficient (Wildman–Crippen LogP) is 2.74. The molecule has 0 amide bonds. The first kappa shape index (κ1) is 12.8. The number of halogens is 1. The summed E-state index contributed by atoms with van der Waals surface area (Å²) in [4.78, 5) is 4.00. The molecule has 0 aliphatic rings. The van der Waals surface area contributed by atoms with E-state index >= 15 is 0 Å². The second kappa shape index (κ2) is 4.90. The molecule has 0 radical (unpaired) electrons. The van der Waals surface area contributed by atoms with Crippen LogP contribution in [0.2, 0.25) is 0 Å². The highest BCUT2D eigenvalue weighted by atomic mass is 19.1. The Morgan fingerprint density at radius 1 is 1.39 bits per heavy atom. The van der Waals surface area contributed by atoms with Crippen LogP contribution in [0.5, 0.6) is 0 Å². The standard InChI is InChI=1S/C14H17FN2O/c1-4-17-8-16-7-12(17)14(18)13-10(3)5-9(2)6-11(13)15/h5-8,14,18H,4H2,1-3H3. The lowest BCUT2D eigenvalue weighted by Crippen LogP contribution is -2.10. The molecule has 0 bridgehead atoms. The normalized spacial score (nSPS) is 12.7. The minimum atomic E-state index is -0.979. The van der Waals surface area contributed by atoms with Crippen LogP contribution >= 0.6 is 0 Å². The largest absolute Gasteiger partial charge is 0.382 e. The van der Waals surface area contributed by atoms with Crippen molar-refractivity contribution in [1.29, 1.82) is 0 Å². The zero-order valence-electron chi connectivity index (χ0n) is 10.8. The van der Waals surface area contributed by atoms with Gasteiger partial charge in [-0.3, -0.25) is 0 Å². The molecular weight excluding hydrogens is 231 g/mol. The molecule has 1 N–H and O–H groups in total. The average molecular weight is 248 g/mol. The molecule has 3 nitrogen and oxygen atoms in total. The Hall–Kier alpha value is -1.68. The number of hydrogen-bond donors (Lipinski definition) is 1. The third-order valence-corrected chi connectivity index (χ3v) is 3.12. The minimum Gasteiger partial charge on any atom is -0.382 e. The number of rotatable bonds is 3. The van der Waals surface area contributed by atoms with Crippen LogP contribution in [0.15, 0.2) is 24.7 Å². The molecule has 0 saturated carbocycles. The number of aryl methyl sites for hydroxylation is 3. The monoisotopic (exact) mass is 248 g/mol. The molecule has 4 heteroatoms. The lowest BCUT2D eigenvalue weighted by atomic mass is 9.98. The topological polar surface area (TPSA) is 38.0 Å². The molecule has 1 aromatic heterocycles. The molecular formula is C14H17FN2O. The zero-order chi connectivity index (χ0) is 13.3. The molecule has 2 rings (SSSR count). The first-order chi connectivity index (χ1) is 8.54. The highest BCUT2D eigenvalue weighted by Crippen LogP contribution is 2.28. The highest BCUT2D eigenvalue weighted by Gasteiger charge is 2.20. The van der Waals surface area contributed by atoms with Gasteiger partial charge >= 0.3 is 0 Å². The number of benzene rings is 1. The number of hydrogen-bond acceptors (Lipinski definition) is 2. The van der Waals surface area contributed by atoms with E-state index in [0.29, 0.717) is 17.8 Å². The fourth-order valence-corrected chi connectivity index (χ4v) is 2.24. The molecule has 0 aliphatic heterocycles. The van der Waals surface area contributed by atoms with E-state index in [1.165, 1.54) is 6.07 Å². The predicted molar refractivity (Wildman–Crippen MR) is 67.8 cm³/mol. The first-order valence-corrected chi connectivity index (χ1v) is 5.99. The smallest absolute Gasteiger partial charge is 0.129 e. The third kappa shape index (κ3) is 2.16. The van der Waals surface area contributed by atoms with Gasteiger partial charge in [0, 0.05) is 12.1 Å². The summed E-state index contributed by atoms with van der Waals surface area (Å²) in [5.74, 6) is -0.371. The third-order valence-electron chi connectivity index (χ3n) is 3.12. The summed E-state index contributed by atoms with van der Waals surface area (Å²) in [6.45, 7) is 6.29. The number of imidazole rings is 1. The van der Waals surface area contributed by atoms with Gasteiger partial charge in [0.1, 0.15) is 11.9 Å². The van der Waals surface area contributed by atoms with Crippen LogP contribution in [0.3, 0.4) is 0 Å². The van der Waals surface area contributed by atoms with Gasteiger partial charge in [-0.25, -0.2) is 9.37 Å². The Balaban J connectivity index is 2.49. The lowest BCUT2D eigenvalue weighted by Gasteiger charge is -2.16. The first-order valence-electron chi connectivity index (χ1n) is 5.99. The Kier molecular flexibility index (Phi) is 3.48. The molecule has 1 heterocycles. The van der Waals surface area contributed by atoms with E-state index in [1.54, 1.807) is 19.4 Å². The van der Waals surface area contributed by atoms with Crippen molar-refractivity contribution in [3.63, 3.8) is 0 Å². The van der Waals surface area contributed by atoms with Crippen molar-refractivity contribution < 1.29 is 9.50 Å². The molecule has 18 heavy (non-hydrogen) atoms. The van der Waals surface area contributed by atoms with Gasteiger partial charge in [0.05, 0.1) is 18.2 Å². The van der Waals surface area contributed by atoms with E-state index in [4.69, 9.17) is 0 Å². The van der Waals surface area contributed by atoms with Crippen molar-refractivity contribution in [2.24, 2.45) is 0 Å². The number of aliphatic hydroxyl groups is 1. The number of aliphatic hydroxyl groups excluding tert-OH is 1. The summed E-state index contributed by atoms with van der Waals surface area (Å²) >= 11 is 0. The van der Waals surface area contributed by atoms with Crippen molar-refractivity contribution in [1.82, 2.24) is 9.55 Å². The van der Waals surface area contributed by atoms with Crippen LogP contribution in [0.1, 0.15) is 35.4 Å². The summed E-state index contributed by atoms with van der Waals surface area (Å²) in [6.07, 6.45) is 2.24. The summed E-state index contributed by atoms with van der Waals surface area (Å²) < 4.78 is 15.8. The highest BCUT2D eigenvalue weighted by molar-refractivity contribution is 5.36. The maximum Gasteiger partial charge on any atom is 0.129 e. The molecule has 96 valence electrons. The molecule has 0 fully saturated rings. The van der Waals surface area contributed by atoms with Crippen LogP contribution < -0.4 is 0 Å². The van der Waals surface area contributed by atoms with Crippen LogP contribution in [-0.2, 0) is 6.54 Å². The maximum atomic E-state index is 14.0. The Morgan fingerprint density at radius 3 is 2.72 bits per heavy atom. The van der Waals surface area contributed by atoms with E-state index in [1.807, 2.05) is 24.5 Å². The molecule has 1 unspecified atom stereocenters. The van der Waals surface area contributed by atoms with Crippen molar-refractivity contribution >= 4 is 0 Å². The van der Waals surface area contributed by atoms with Crippen molar-refractivity contribution in [3.8, 4) is 0 Å². The fourth-order valence-electron chi connectivity index (χ4n) is 2.24. The Bertz CT molecular complexity index is 540. The summed E-state index contributed by atoms with van der Waals surface area (Å²) in [5.41, 5.74) is 2.55. The summed E-state index contributed by atoms with van der Waals surface area (Å²) in [5, 5.41) is 10.3. The fraction of sp³-hybridized carbons (Fsp3) is 0.357. The SMILES string of the molecule is CCn1cncc1C(O)c1c(C)cc(C)cc1F.